The highest BCUT2D eigenvalue weighted by Crippen LogP contribution is 2.25. The van der Waals surface area contributed by atoms with Crippen LogP contribution < -0.4 is 10.2 Å². The highest BCUT2D eigenvalue weighted by Gasteiger charge is 2.18. The molecule has 4 heteroatoms. The normalized spacial score (nSPS) is 21.0. The lowest BCUT2D eigenvalue weighted by molar-refractivity contribution is 0.447. The van der Waals surface area contributed by atoms with E-state index in [1.807, 2.05) is 5.51 Å². The van der Waals surface area contributed by atoms with E-state index in [1.54, 1.807) is 11.3 Å². The first-order valence-corrected chi connectivity index (χ1v) is 7.06. The van der Waals surface area contributed by atoms with Crippen molar-refractivity contribution in [2.75, 3.05) is 24.5 Å². The Morgan fingerprint density at radius 2 is 2.47 bits per heavy atom. The monoisotopic (exact) mass is 247 g/mol. The summed E-state index contributed by atoms with van der Waals surface area (Å²) in [6.07, 6.45) is 1.19. The molecule has 3 nitrogen and oxygen atoms in total. The number of hydrogen-bond acceptors (Lipinski definition) is 4. The van der Waals surface area contributed by atoms with Gasteiger partial charge in [0, 0.05) is 31.4 Å². The minimum absolute atomic E-state index is 0.626. The lowest BCUT2D eigenvalue weighted by Crippen LogP contribution is -2.50. The predicted molar refractivity (Wildman–Crippen MR) is 73.9 cm³/mol. The van der Waals surface area contributed by atoms with E-state index < -0.39 is 0 Å². The first kappa shape index (κ1) is 11.0. The maximum Gasteiger partial charge on any atom is 0.0813 e. The molecule has 1 saturated heterocycles. The molecule has 1 unspecified atom stereocenters. The summed E-state index contributed by atoms with van der Waals surface area (Å²) in [6, 6.07) is 7.22. The number of piperazine rings is 1. The summed E-state index contributed by atoms with van der Waals surface area (Å²) in [4.78, 5) is 6.80. The smallest absolute Gasteiger partial charge is 0.0813 e. The van der Waals surface area contributed by atoms with Gasteiger partial charge in [0.15, 0.2) is 0 Å². The van der Waals surface area contributed by atoms with Gasteiger partial charge in [0.2, 0.25) is 0 Å². The Hall–Kier alpha value is -1.13. The molecule has 0 aliphatic carbocycles. The largest absolute Gasteiger partial charge is 0.369 e. The summed E-state index contributed by atoms with van der Waals surface area (Å²) in [5.74, 6) is 0. The third-order valence-electron chi connectivity index (χ3n) is 3.43. The van der Waals surface area contributed by atoms with Crippen molar-refractivity contribution in [3.63, 3.8) is 0 Å². The summed E-state index contributed by atoms with van der Waals surface area (Å²) in [6.45, 7) is 5.54. The zero-order valence-corrected chi connectivity index (χ0v) is 10.8. The van der Waals surface area contributed by atoms with Crippen molar-refractivity contribution >= 4 is 27.2 Å². The summed E-state index contributed by atoms with van der Waals surface area (Å²) in [5.41, 5.74) is 4.36. The van der Waals surface area contributed by atoms with E-state index in [-0.39, 0.29) is 0 Å². The molecule has 0 radical (unpaired) electrons. The maximum atomic E-state index is 4.32. The first-order valence-electron chi connectivity index (χ1n) is 6.18. The average Bonchev–Trinajstić information content (AvgIpc) is 2.86. The molecule has 0 amide bonds. The molecule has 3 rings (SSSR count). The first-order chi connectivity index (χ1) is 8.36. The van der Waals surface area contributed by atoms with Crippen molar-refractivity contribution in [3.05, 3.63) is 23.7 Å². The van der Waals surface area contributed by atoms with E-state index >= 15 is 0 Å². The van der Waals surface area contributed by atoms with Crippen LogP contribution in [0.4, 0.5) is 5.69 Å². The third-order valence-corrected chi connectivity index (χ3v) is 4.22. The van der Waals surface area contributed by atoms with Crippen molar-refractivity contribution in [1.29, 1.82) is 0 Å². The van der Waals surface area contributed by atoms with Crippen LogP contribution in [0, 0.1) is 0 Å². The fraction of sp³-hybridized carbons (Fsp3) is 0.462. The van der Waals surface area contributed by atoms with Crippen LogP contribution in [0.1, 0.15) is 13.3 Å². The SMILES string of the molecule is CCC1CN(c2ccc3ncsc3c2)CCN1. The molecular weight excluding hydrogens is 230 g/mol. The number of fused-ring (bicyclic) bond motifs is 1. The molecule has 2 heterocycles. The standard InChI is InChI=1S/C13H17N3S/c1-2-10-8-16(6-5-14-10)11-3-4-12-13(7-11)17-9-15-12/h3-4,7,9-10,14H,2,5-6,8H2,1H3. The molecule has 1 N–H and O–H groups in total. The Balaban J connectivity index is 1.86. The highest BCUT2D eigenvalue weighted by molar-refractivity contribution is 7.16. The number of anilines is 1. The molecule has 0 saturated carbocycles. The van der Waals surface area contributed by atoms with Crippen LogP contribution in [0.3, 0.4) is 0 Å². The van der Waals surface area contributed by atoms with E-state index in [4.69, 9.17) is 0 Å². The zero-order valence-electron chi connectivity index (χ0n) is 10.0. The Bertz CT molecular complexity index is 508. The molecule has 1 aliphatic rings. The van der Waals surface area contributed by atoms with Gasteiger partial charge >= 0.3 is 0 Å². The van der Waals surface area contributed by atoms with E-state index in [2.05, 4.69) is 40.3 Å². The van der Waals surface area contributed by atoms with Gasteiger partial charge in [-0.1, -0.05) is 6.92 Å². The maximum absolute atomic E-state index is 4.32. The third kappa shape index (κ3) is 2.15. The van der Waals surface area contributed by atoms with Crippen LogP contribution >= 0.6 is 11.3 Å². The molecule has 2 aromatic rings. The van der Waals surface area contributed by atoms with Gasteiger partial charge in [-0.3, -0.25) is 0 Å². The van der Waals surface area contributed by atoms with Gasteiger partial charge in [0.05, 0.1) is 15.7 Å². The molecule has 17 heavy (non-hydrogen) atoms. The molecular formula is C13H17N3S. The Morgan fingerprint density at radius 1 is 1.53 bits per heavy atom. The molecule has 0 bridgehead atoms. The predicted octanol–water partition coefficient (Wildman–Crippen LogP) is 2.48. The van der Waals surface area contributed by atoms with E-state index in [9.17, 15) is 0 Å². The van der Waals surface area contributed by atoms with Gasteiger partial charge in [0.25, 0.3) is 0 Å². The number of benzene rings is 1. The second kappa shape index (κ2) is 4.63. The summed E-state index contributed by atoms with van der Waals surface area (Å²) >= 11 is 1.72. The second-order valence-corrected chi connectivity index (χ2v) is 5.40. The lowest BCUT2D eigenvalue weighted by atomic mass is 10.1. The van der Waals surface area contributed by atoms with Gasteiger partial charge < -0.3 is 10.2 Å². The van der Waals surface area contributed by atoms with Gasteiger partial charge in [-0.2, -0.15) is 0 Å². The quantitative estimate of drug-likeness (QED) is 0.883. The number of aromatic nitrogens is 1. The minimum Gasteiger partial charge on any atom is -0.369 e. The van der Waals surface area contributed by atoms with Crippen molar-refractivity contribution in [1.82, 2.24) is 10.3 Å². The fourth-order valence-corrected chi connectivity index (χ4v) is 3.08. The van der Waals surface area contributed by atoms with Gasteiger partial charge in [-0.15, -0.1) is 11.3 Å². The Kier molecular flexibility index (Phi) is 2.99. The minimum atomic E-state index is 0.626. The van der Waals surface area contributed by atoms with E-state index in [1.165, 1.54) is 16.8 Å². The van der Waals surface area contributed by atoms with Crippen LogP contribution in [-0.4, -0.2) is 30.7 Å². The number of rotatable bonds is 2. The van der Waals surface area contributed by atoms with Gasteiger partial charge in [-0.25, -0.2) is 4.98 Å². The fourth-order valence-electron chi connectivity index (χ4n) is 2.37. The Morgan fingerprint density at radius 3 is 3.35 bits per heavy atom. The molecule has 1 aromatic carbocycles. The Labute approximate surface area is 105 Å². The molecule has 1 aromatic heterocycles. The van der Waals surface area contributed by atoms with Crippen molar-refractivity contribution in [2.24, 2.45) is 0 Å². The van der Waals surface area contributed by atoms with Gasteiger partial charge in [0.1, 0.15) is 0 Å². The van der Waals surface area contributed by atoms with E-state index in [0.29, 0.717) is 6.04 Å². The zero-order chi connectivity index (χ0) is 11.7. The van der Waals surface area contributed by atoms with E-state index in [0.717, 1.165) is 25.2 Å². The number of hydrogen-bond donors (Lipinski definition) is 1. The van der Waals surface area contributed by atoms with Crippen LogP contribution in [0.5, 0.6) is 0 Å². The molecule has 1 atom stereocenters. The van der Waals surface area contributed by atoms with Crippen molar-refractivity contribution < 1.29 is 0 Å². The summed E-state index contributed by atoms with van der Waals surface area (Å²) < 4.78 is 1.29. The molecule has 1 fully saturated rings. The van der Waals surface area contributed by atoms with Crippen LogP contribution in [0.2, 0.25) is 0 Å². The van der Waals surface area contributed by atoms with Crippen LogP contribution in [0.25, 0.3) is 10.2 Å². The molecule has 90 valence electrons. The second-order valence-electron chi connectivity index (χ2n) is 4.51. The summed E-state index contributed by atoms with van der Waals surface area (Å²) in [5, 5.41) is 3.55. The van der Waals surface area contributed by atoms with Crippen molar-refractivity contribution in [3.8, 4) is 0 Å². The average molecular weight is 247 g/mol. The topological polar surface area (TPSA) is 28.2 Å². The number of nitrogens with zero attached hydrogens (tertiary/aromatic N) is 2. The number of thiazole rings is 1. The van der Waals surface area contributed by atoms with Crippen LogP contribution in [-0.2, 0) is 0 Å². The van der Waals surface area contributed by atoms with Crippen LogP contribution in [0.15, 0.2) is 23.7 Å². The van der Waals surface area contributed by atoms with Gasteiger partial charge in [-0.05, 0) is 24.6 Å². The highest BCUT2D eigenvalue weighted by atomic mass is 32.1. The summed E-state index contributed by atoms with van der Waals surface area (Å²) in [7, 11) is 0. The number of nitrogens with one attached hydrogen (secondary N) is 1. The molecule has 0 spiro atoms. The van der Waals surface area contributed by atoms with Crippen molar-refractivity contribution in [2.45, 2.75) is 19.4 Å². The molecule has 1 aliphatic heterocycles. The lowest BCUT2D eigenvalue weighted by Gasteiger charge is -2.34.